The first kappa shape index (κ1) is 21.5. The number of hydrogen-bond acceptors (Lipinski definition) is 7. The molecule has 1 aliphatic heterocycles. The van der Waals surface area contributed by atoms with Crippen LogP contribution in [0, 0.1) is 0 Å². The van der Waals surface area contributed by atoms with E-state index in [1.54, 1.807) is 25.2 Å². The fraction of sp³-hybridized carbons (Fsp3) is 0.333. The molecule has 0 atom stereocenters. The number of aromatic nitrogens is 3. The standard InChI is InChI=1S/C24H28N6O2/c1-24(2,3)17-8-10-19(11-9-17)32-20-13-30(14-20)23-27-15-26-22(29-23)28-18-7-5-6-16(12-18)21(31)25-4/h5-12,15,20H,13-14H2,1-4H3,(H,25,31)(H,26,27,28,29). The lowest BCUT2D eigenvalue weighted by Crippen LogP contribution is -2.54. The molecule has 1 fully saturated rings. The van der Waals surface area contributed by atoms with Crippen molar-refractivity contribution < 1.29 is 9.53 Å². The van der Waals surface area contributed by atoms with E-state index < -0.39 is 0 Å². The molecule has 3 aromatic rings. The van der Waals surface area contributed by atoms with Crippen molar-refractivity contribution in [3.05, 3.63) is 66.0 Å². The van der Waals surface area contributed by atoms with Crippen molar-refractivity contribution >= 4 is 23.5 Å². The molecule has 2 aromatic carbocycles. The van der Waals surface area contributed by atoms with E-state index in [4.69, 9.17) is 4.74 Å². The summed E-state index contributed by atoms with van der Waals surface area (Å²) in [5.74, 6) is 1.74. The number of carbonyl (C=O) groups excluding carboxylic acids is 1. The van der Waals surface area contributed by atoms with E-state index in [1.165, 1.54) is 11.9 Å². The van der Waals surface area contributed by atoms with Crippen molar-refractivity contribution in [2.24, 2.45) is 0 Å². The van der Waals surface area contributed by atoms with Crippen LogP contribution in [0.5, 0.6) is 5.75 Å². The average Bonchev–Trinajstić information content (AvgIpc) is 2.75. The maximum atomic E-state index is 11.8. The molecule has 8 heteroatoms. The first-order valence-electron chi connectivity index (χ1n) is 10.6. The van der Waals surface area contributed by atoms with E-state index in [0.717, 1.165) is 11.4 Å². The number of rotatable bonds is 6. The van der Waals surface area contributed by atoms with Gasteiger partial charge in [0.15, 0.2) is 0 Å². The fourth-order valence-corrected chi connectivity index (χ4v) is 3.41. The molecule has 1 aliphatic rings. The molecule has 32 heavy (non-hydrogen) atoms. The third kappa shape index (κ3) is 4.96. The highest BCUT2D eigenvalue weighted by molar-refractivity contribution is 5.95. The Morgan fingerprint density at radius 3 is 2.53 bits per heavy atom. The molecule has 0 radical (unpaired) electrons. The number of hydrogen-bond donors (Lipinski definition) is 2. The summed E-state index contributed by atoms with van der Waals surface area (Å²) < 4.78 is 6.08. The van der Waals surface area contributed by atoms with Crippen molar-refractivity contribution in [1.82, 2.24) is 20.3 Å². The Balaban J connectivity index is 1.35. The molecule has 0 aliphatic carbocycles. The van der Waals surface area contributed by atoms with E-state index in [0.29, 0.717) is 30.5 Å². The number of benzene rings is 2. The minimum atomic E-state index is -0.148. The molecule has 1 aromatic heterocycles. The third-order valence-electron chi connectivity index (χ3n) is 5.32. The summed E-state index contributed by atoms with van der Waals surface area (Å²) in [5, 5.41) is 5.75. The average molecular weight is 433 g/mol. The SMILES string of the molecule is CNC(=O)c1cccc(Nc2ncnc(N3CC(Oc4ccc(C(C)(C)C)cc4)C3)n2)c1. The summed E-state index contributed by atoms with van der Waals surface area (Å²) >= 11 is 0. The van der Waals surface area contributed by atoms with Crippen LogP contribution in [-0.4, -0.2) is 47.1 Å². The molecular weight excluding hydrogens is 404 g/mol. The zero-order chi connectivity index (χ0) is 22.7. The minimum Gasteiger partial charge on any atom is -0.487 e. The second-order valence-corrected chi connectivity index (χ2v) is 8.81. The molecule has 0 bridgehead atoms. The Labute approximate surface area is 188 Å². The predicted molar refractivity (Wildman–Crippen MR) is 125 cm³/mol. The second-order valence-electron chi connectivity index (χ2n) is 8.81. The molecule has 2 heterocycles. The summed E-state index contributed by atoms with van der Waals surface area (Å²) in [5.41, 5.74) is 2.70. The Bertz CT molecular complexity index is 1090. The zero-order valence-electron chi connectivity index (χ0n) is 18.8. The van der Waals surface area contributed by atoms with Gasteiger partial charge in [-0.2, -0.15) is 4.98 Å². The number of nitrogens with zero attached hydrogens (tertiary/aromatic N) is 4. The Hall–Kier alpha value is -3.68. The highest BCUT2D eigenvalue weighted by atomic mass is 16.5. The maximum absolute atomic E-state index is 11.8. The van der Waals surface area contributed by atoms with Crippen LogP contribution in [0.25, 0.3) is 0 Å². The Morgan fingerprint density at radius 2 is 1.84 bits per heavy atom. The molecule has 0 saturated carbocycles. The van der Waals surface area contributed by atoms with Crippen LogP contribution < -0.4 is 20.3 Å². The van der Waals surface area contributed by atoms with Gasteiger partial charge < -0.3 is 20.3 Å². The molecule has 0 unspecified atom stereocenters. The van der Waals surface area contributed by atoms with Crippen molar-refractivity contribution in [1.29, 1.82) is 0 Å². The normalized spacial score (nSPS) is 13.9. The topological polar surface area (TPSA) is 92.3 Å². The van der Waals surface area contributed by atoms with Crippen molar-refractivity contribution in [2.75, 3.05) is 30.4 Å². The van der Waals surface area contributed by atoms with Crippen molar-refractivity contribution in [2.45, 2.75) is 32.3 Å². The number of nitrogens with one attached hydrogen (secondary N) is 2. The van der Waals surface area contributed by atoms with Gasteiger partial charge in [0.2, 0.25) is 11.9 Å². The summed E-state index contributed by atoms with van der Waals surface area (Å²) in [6.45, 7) is 8.00. The quantitative estimate of drug-likeness (QED) is 0.615. The van der Waals surface area contributed by atoms with Gasteiger partial charge in [-0.15, -0.1) is 0 Å². The largest absolute Gasteiger partial charge is 0.487 e. The molecule has 8 nitrogen and oxygen atoms in total. The van der Waals surface area contributed by atoms with Gasteiger partial charge in [0.1, 0.15) is 18.2 Å². The summed E-state index contributed by atoms with van der Waals surface area (Å²) in [4.78, 5) is 26.9. The lowest BCUT2D eigenvalue weighted by molar-refractivity contribution is 0.0963. The maximum Gasteiger partial charge on any atom is 0.251 e. The minimum absolute atomic E-state index is 0.0906. The van der Waals surface area contributed by atoms with Crippen LogP contribution in [0.15, 0.2) is 54.9 Å². The highest BCUT2D eigenvalue weighted by Gasteiger charge is 2.31. The van der Waals surface area contributed by atoms with Gasteiger partial charge in [0.25, 0.3) is 5.91 Å². The van der Waals surface area contributed by atoms with Gasteiger partial charge in [-0.1, -0.05) is 39.0 Å². The van der Waals surface area contributed by atoms with Crippen LogP contribution in [0.1, 0.15) is 36.7 Å². The van der Waals surface area contributed by atoms with Gasteiger partial charge in [-0.3, -0.25) is 4.79 Å². The van der Waals surface area contributed by atoms with Gasteiger partial charge in [0, 0.05) is 18.3 Å². The molecule has 1 saturated heterocycles. The molecule has 2 N–H and O–H groups in total. The van der Waals surface area contributed by atoms with Crippen LogP contribution >= 0.6 is 0 Å². The van der Waals surface area contributed by atoms with Gasteiger partial charge >= 0.3 is 0 Å². The van der Waals surface area contributed by atoms with Crippen LogP contribution in [0.4, 0.5) is 17.6 Å². The van der Waals surface area contributed by atoms with E-state index in [2.05, 4.69) is 58.5 Å². The monoisotopic (exact) mass is 432 g/mol. The summed E-state index contributed by atoms with van der Waals surface area (Å²) in [7, 11) is 1.60. The second kappa shape index (κ2) is 8.82. The highest BCUT2D eigenvalue weighted by Crippen LogP contribution is 2.26. The van der Waals surface area contributed by atoms with E-state index in [9.17, 15) is 4.79 Å². The molecule has 166 valence electrons. The van der Waals surface area contributed by atoms with Crippen LogP contribution in [0.2, 0.25) is 0 Å². The molecule has 0 spiro atoms. The van der Waals surface area contributed by atoms with Gasteiger partial charge in [0.05, 0.1) is 13.1 Å². The lowest BCUT2D eigenvalue weighted by Gasteiger charge is -2.38. The smallest absolute Gasteiger partial charge is 0.251 e. The molecule has 4 rings (SSSR count). The number of anilines is 3. The van der Waals surface area contributed by atoms with E-state index in [-0.39, 0.29) is 17.4 Å². The lowest BCUT2D eigenvalue weighted by atomic mass is 9.87. The Kier molecular flexibility index (Phi) is 5.94. The van der Waals surface area contributed by atoms with E-state index in [1.807, 2.05) is 23.1 Å². The van der Waals surface area contributed by atoms with E-state index >= 15 is 0 Å². The number of ether oxygens (including phenoxy) is 1. The van der Waals surface area contributed by atoms with Gasteiger partial charge in [-0.05, 0) is 41.3 Å². The Morgan fingerprint density at radius 1 is 1.09 bits per heavy atom. The molecule has 1 amide bonds. The van der Waals surface area contributed by atoms with Gasteiger partial charge in [-0.25, -0.2) is 9.97 Å². The third-order valence-corrected chi connectivity index (χ3v) is 5.32. The summed E-state index contributed by atoms with van der Waals surface area (Å²) in [6, 6.07) is 15.5. The number of carbonyl (C=O) groups is 1. The van der Waals surface area contributed by atoms with Crippen molar-refractivity contribution in [3.8, 4) is 5.75 Å². The van der Waals surface area contributed by atoms with Crippen LogP contribution in [0.3, 0.4) is 0 Å². The number of amides is 1. The zero-order valence-corrected chi connectivity index (χ0v) is 18.8. The first-order valence-corrected chi connectivity index (χ1v) is 10.6. The summed E-state index contributed by atoms with van der Waals surface area (Å²) in [6.07, 6.45) is 1.57. The first-order chi connectivity index (χ1) is 15.3. The molecular formula is C24H28N6O2. The van der Waals surface area contributed by atoms with Crippen molar-refractivity contribution in [3.63, 3.8) is 0 Å². The fourth-order valence-electron chi connectivity index (χ4n) is 3.41. The van der Waals surface area contributed by atoms with Crippen LogP contribution in [-0.2, 0) is 5.41 Å². The predicted octanol–water partition coefficient (Wildman–Crippen LogP) is 3.54.